The van der Waals surface area contributed by atoms with Gasteiger partial charge in [-0.3, -0.25) is 4.79 Å². The van der Waals surface area contributed by atoms with Gasteiger partial charge in [-0.25, -0.2) is 0 Å². The third kappa shape index (κ3) is 4.26. The highest BCUT2D eigenvalue weighted by Gasteiger charge is 2.38. The normalized spacial score (nSPS) is 11.6. The molecule has 2 aromatic heterocycles. The van der Waals surface area contributed by atoms with Gasteiger partial charge in [0.1, 0.15) is 5.76 Å². The van der Waals surface area contributed by atoms with E-state index in [2.05, 4.69) is 20.0 Å². The molecular formula is C12H12F3N3O3S. The molecule has 10 heteroatoms. The molecule has 0 atom stereocenters. The van der Waals surface area contributed by atoms with E-state index < -0.39 is 18.0 Å². The first kappa shape index (κ1) is 16.4. The van der Waals surface area contributed by atoms with Gasteiger partial charge in [0, 0.05) is 13.0 Å². The van der Waals surface area contributed by atoms with E-state index in [0.29, 0.717) is 11.5 Å². The predicted octanol–water partition coefficient (Wildman–Crippen LogP) is 2.52. The highest BCUT2D eigenvalue weighted by molar-refractivity contribution is 7.97. The van der Waals surface area contributed by atoms with Gasteiger partial charge in [-0.2, -0.15) is 29.9 Å². The topological polar surface area (TPSA) is 81.2 Å². The summed E-state index contributed by atoms with van der Waals surface area (Å²) in [4.78, 5) is 15.0. The van der Waals surface area contributed by atoms with E-state index >= 15 is 0 Å². The Morgan fingerprint density at radius 2 is 2.18 bits per heavy atom. The molecule has 22 heavy (non-hydrogen) atoms. The van der Waals surface area contributed by atoms with Gasteiger partial charge in [-0.15, -0.1) is 0 Å². The first-order valence-electron chi connectivity index (χ1n) is 6.16. The summed E-state index contributed by atoms with van der Waals surface area (Å²) in [5.74, 6) is -0.515. The van der Waals surface area contributed by atoms with Crippen molar-refractivity contribution >= 4 is 17.7 Å². The third-order valence-electron chi connectivity index (χ3n) is 2.52. The molecule has 0 aliphatic heterocycles. The Morgan fingerprint density at radius 3 is 2.82 bits per heavy atom. The van der Waals surface area contributed by atoms with Gasteiger partial charge in [-0.05, 0) is 18.4 Å². The minimum absolute atomic E-state index is 0.0176. The summed E-state index contributed by atoms with van der Waals surface area (Å²) in [5, 5.41) is 5.71. The Labute approximate surface area is 127 Å². The lowest BCUT2D eigenvalue weighted by Gasteiger charge is -2.00. The van der Waals surface area contributed by atoms with Gasteiger partial charge in [0.2, 0.25) is 0 Å². The van der Waals surface area contributed by atoms with Crippen molar-refractivity contribution in [3.8, 4) is 0 Å². The molecule has 0 aliphatic rings. The largest absolute Gasteiger partial charge is 0.471 e. The molecule has 1 amide bonds. The Morgan fingerprint density at radius 1 is 1.41 bits per heavy atom. The summed E-state index contributed by atoms with van der Waals surface area (Å²) in [7, 11) is 0. The minimum Gasteiger partial charge on any atom is -0.455 e. The molecule has 0 unspecified atom stereocenters. The number of rotatable bonds is 6. The van der Waals surface area contributed by atoms with E-state index in [1.807, 2.05) is 6.26 Å². The summed E-state index contributed by atoms with van der Waals surface area (Å²) in [6.45, 7) is 0.0637. The van der Waals surface area contributed by atoms with Crippen LogP contribution in [0.2, 0.25) is 0 Å². The predicted molar refractivity (Wildman–Crippen MR) is 71.3 cm³/mol. The molecule has 0 fully saturated rings. The molecule has 0 aliphatic carbocycles. The fourth-order valence-electron chi connectivity index (χ4n) is 1.57. The number of nitrogens with one attached hydrogen (secondary N) is 1. The summed E-state index contributed by atoms with van der Waals surface area (Å²) >= 11 is 1.55. The lowest BCUT2D eigenvalue weighted by molar-refractivity contribution is -0.159. The second-order valence-electron chi connectivity index (χ2n) is 4.22. The number of carbonyl (C=O) groups is 1. The van der Waals surface area contributed by atoms with Crippen molar-refractivity contribution in [2.75, 3.05) is 12.8 Å². The average Bonchev–Trinajstić information content (AvgIpc) is 3.07. The minimum atomic E-state index is -4.67. The van der Waals surface area contributed by atoms with Gasteiger partial charge in [-0.1, -0.05) is 5.16 Å². The first-order chi connectivity index (χ1) is 10.4. The van der Waals surface area contributed by atoms with E-state index in [0.717, 1.165) is 0 Å². The first-order valence-corrected chi connectivity index (χ1v) is 7.55. The lowest BCUT2D eigenvalue weighted by atomic mass is 10.3. The second-order valence-corrected chi connectivity index (χ2v) is 5.08. The van der Waals surface area contributed by atoms with Gasteiger partial charge in [0.15, 0.2) is 11.6 Å². The maximum atomic E-state index is 12.3. The number of hydrogen-bond donors (Lipinski definition) is 1. The van der Waals surface area contributed by atoms with Crippen LogP contribution in [0.5, 0.6) is 0 Å². The molecule has 0 spiro atoms. The van der Waals surface area contributed by atoms with E-state index in [1.54, 1.807) is 17.8 Å². The van der Waals surface area contributed by atoms with Gasteiger partial charge < -0.3 is 14.3 Å². The molecule has 120 valence electrons. The number of amides is 1. The van der Waals surface area contributed by atoms with Crippen LogP contribution in [-0.2, 0) is 18.3 Å². The van der Waals surface area contributed by atoms with Gasteiger partial charge in [0.25, 0.3) is 5.91 Å². The van der Waals surface area contributed by atoms with Crippen LogP contribution >= 0.6 is 11.8 Å². The number of thioether (sulfide) groups is 1. The lowest BCUT2D eigenvalue weighted by Crippen LogP contribution is -2.25. The van der Waals surface area contributed by atoms with Crippen LogP contribution in [0.4, 0.5) is 13.2 Å². The van der Waals surface area contributed by atoms with E-state index in [4.69, 9.17) is 4.42 Å². The molecule has 2 aromatic rings. The summed E-state index contributed by atoms with van der Waals surface area (Å²) in [6, 6.07) is 3.23. The summed E-state index contributed by atoms with van der Waals surface area (Å²) < 4.78 is 46.2. The second kappa shape index (κ2) is 6.86. The fraction of sp³-hybridized carbons (Fsp3) is 0.417. The molecule has 6 nitrogen and oxygen atoms in total. The number of hydrogen-bond acceptors (Lipinski definition) is 6. The van der Waals surface area contributed by atoms with Crippen molar-refractivity contribution in [3.05, 3.63) is 35.4 Å². The van der Waals surface area contributed by atoms with Crippen molar-refractivity contribution in [3.63, 3.8) is 0 Å². The maximum absolute atomic E-state index is 12.3. The molecule has 2 rings (SSSR count). The van der Waals surface area contributed by atoms with Crippen molar-refractivity contribution in [2.24, 2.45) is 0 Å². The number of furan rings is 1. The van der Waals surface area contributed by atoms with E-state index in [-0.39, 0.29) is 24.6 Å². The van der Waals surface area contributed by atoms with Gasteiger partial charge >= 0.3 is 12.1 Å². The molecule has 1 N–H and O–H groups in total. The van der Waals surface area contributed by atoms with Crippen molar-refractivity contribution in [1.82, 2.24) is 15.5 Å². The quantitative estimate of drug-likeness (QED) is 0.874. The number of alkyl halides is 3. The number of nitrogens with zero attached hydrogens (tertiary/aromatic N) is 2. The van der Waals surface area contributed by atoms with Crippen LogP contribution in [0, 0.1) is 0 Å². The zero-order valence-electron chi connectivity index (χ0n) is 11.4. The monoisotopic (exact) mass is 335 g/mol. The zero-order chi connectivity index (χ0) is 16.2. The molecule has 2 heterocycles. The summed E-state index contributed by atoms with van der Waals surface area (Å²) in [6.07, 6.45) is -2.75. The van der Waals surface area contributed by atoms with Crippen LogP contribution in [0.15, 0.2) is 21.1 Å². The van der Waals surface area contributed by atoms with Crippen molar-refractivity contribution in [2.45, 2.75) is 18.3 Å². The zero-order valence-corrected chi connectivity index (χ0v) is 12.3. The standard InChI is InChI=1S/C12H12F3N3O3S/c1-22-6-7-2-3-8(20-7)10(19)16-5-4-9-17-11(21-18-9)12(13,14)15/h2-3H,4-6H2,1H3,(H,16,19). The Hall–Kier alpha value is -1.97. The Bertz CT molecular complexity index is 639. The van der Waals surface area contributed by atoms with Crippen LogP contribution in [0.25, 0.3) is 0 Å². The molecule has 0 radical (unpaired) electrons. The van der Waals surface area contributed by atoms with Crippen LogP contribution in [0.1, 0.15) is 28.0 Å². The number of carbonyl (C=O) groups excluding carboxylic acids is 1. The Balaban J connectivity index is 1.82. The van der Waals surface area contributed by atoms with Gasteiger partial charge in [0.05, 0.1) is 5.75 Å². The van der Waals surface area contributed by atoms with Crippen LogP contribution in [-0.4, -0.2) is 28.8 Å². The molecule has 0 bridgehead atoms. The fourth-order valence-corrected chi connectivity index (χ4v) is 2.01. The Kier molecular flexibility index (Phi) is 5.11. The molecule has 0 aromatic carbocycles. The highest BCUT2D eigenvalue weighted by Crippen LogP contribution is 2.27. The average molecular weight is 335 g/mol. The number of aromatic nitrogens is 2. The van der Waals surface area contributed by atoms with Crippen molar-refractivity contribution < 1.29 is 26.9 Å². The number of halogens is 3. The van der Waals surface area contributed by atoms with Crippen LogP contribution in [0.3, 0.4) is 0 Å². The SMILES string of the molecule is CSCc1ccc(C(=O)NCCc2noc(C(F)(F)F)n2)o1. The molecular weight excluding hydrogens is 323 g/mol. The molecule has 0 saturated heterocycles. The molecule has 0 saturated carbocycles. The highest BCUT2D eigenvalue weighted by atomic mass is 32.2. The van der Waals surface area contributed by atoms with E-state index in [1.165, 1.54) is 6.07 Å². The smallest absolute Gasteiger partial charge is 0.455 e. The van der Waals surface area contributed by atoms with Crippen LogP contribution < -0.4 is 5.32 Å². The third-order valence-corrected chi connectivity index (χ3v) is 3.09. The summed E-state index contributed by atoms with van der Waals surface area (Å²) in [5.41, 5.74) is 0. The van der Waals surface area contributed by atoms with E-state index in [9.17, 15) is 18.0 Å². The van der Waals surface area contributed by atoms with Crippen molar-refractivity contribution in [1.29, 1.82) is 0 Å². The maximum Gasteiger partial charge on any atom is 0.471 e.